The highest BCUT2D eigenvalue weighted by Gasteiger charge is 2.12. The van der Waals surface area contributed by atoms with Gasteiger partial charge in [-0.05, 0) is 35.4 Å². The summed E-state index contributed by atoms with van der Waals surface area (Å²) < 4.78 is 7.60. The van der Waals surface area contributed by atoms with Gasteiger partial charge in [-0.15, -0.1) is 0 Å². The fourth-order valence-corrected chi connectivity index (χ4v) is 3.54. The lowest BCUT2D eigenvalue weighted by Crippen LogP contribution is -2.17. The molecule has 0 saturated carbocycles. The van der Waals surface area contributed by atoms with Crippen LogP contribution in [0.5, 0.6) is 5.75 Å². The molecule has 5 heteroatoms. The van der Waals surface area contributed by atoms with E-state index in [1.165, 1.54) is 5.56 Å². The average molecular weight is 392 g/mol. The zero-order valence-corrected chi connectivity index (χ0v) is 16.5. The molecule has 4 rings (SSSR count). The molecule has 0 fully saturated rings. The number of hydrogen-bond acceptors (Lipinski definition) is 3. The first-order valence-corrected chi connectivity index (χ1v) is 9.63. The molecule has 3 aromatic carbocycles. The van der Waals surface area contributed by atoms with Crippen molar-refractivity contribution in [1.29, 1.82) is 0 Å². The molecule has 0 spiro atoms. The Kier molecular flexibility index (Phi) is 5.60. The number of nitrogens with one attached hydrogen (secondary N) is 1. The van der Waals surface area contributed by atoms with E-state index in [4.69, 9.17) is 21.3 Å². The highest BCUT2D eigenvalue weighted by Crippen LogP contribution is 2.23. The Balaban J connectivity index is 1.63. The fourth-order valence-electron chi connectivity index (χ4n) is 3.33. The topological polar surface area (TPSA) is 39.1 Å². The second-order valence-electron chi connectivity index (χ2n) is 6.69. The number of imidazole rings is 1. The van der Waals surface area contributed by atoms with E-state index in [1.54, 1.807) is 7.11 Å². The third kappa shape index (κ3) is 4.19. The lowest BCUT2D eigenvalue weighted by molar-refractivity contribution is 0.415. The van der Waals surface area contributed by atoms with Gasteiger partial charge in [0.25, 0.3) is 0 Å². The van der Waals surface area contributed by atoms with Gasteiger partial charge in [0.2, 0.25) is 0 Å². The predicted octanol–water partition coefficient (Wildman–Crippen LogP) is 5.04. The number of methoxy groups -OCH3 is 1. The maximum Gasteiger partial charge on any atom is 0.124 e. The molecule has 4 nitrogen and oxygen atoms in total. The zero-order valence-electron chi connectivity index (χ0n) is 15.7. The summed E-state index contributed by atoms with van der Waals surface area (Å²) in [5.41, 5.74) is 4.41. The van der Waals surface area contributed by atoms with Crippen molar-refractivity contribution in [2.75, 3.05) is 7.11 Å². The summed E-state index contributed by atoms with van der Waals surface area (Å²) >= 11 is 6.18. The monoisotopic (exact) mass is 391 g/mol. The highest BCUT2D eigenvalue weighted by molar-refractivity contribution is 6.30. The first-order valence-electron chi connectivity index (χ1n) is 9.25. The number of benzene rings is 3. The Bertz CT molecular complexity index is 1080. The molecule has 0 amide bonds. The fraction of sp³-hybridized carbons (Fsp3) is 0.174. The van der Waals surface area contributed by atoms with Crippen molar-refractivity contribution in [3.8, 4) is 5.75 Å². The van der Waals surface area contributed by atoms with Gasteiger partial charge in [-0.1, -0.05) is 54.1 Å². The van der Waals surface area contributed by atoms with E-state index < -0.39 is 0 Å². The Morgan fingerprint density at radius 2 is 1.75 bits per heavy atom. The maximum absolute atomic E-state index is 6.18. The minimum Gasteiger partial charge on any atom is -0.497 e. The number of fused-ring (bicyclic) bond motifs is 1. The second-order valence-corrected chi connectivity index (χ2v) is 7.12. The van der Waals surface area contributed by atoms with Crippen LogP contribution in [0.4, 0.5) is 0 Å². The van der Waals surface area contributed by atoms with Gasteiger partial charge in [-0.3, -0.25) is 0 Å². The van der Waals surface area contributed by atoms with Gasteiger partial charge >= 0.3 is 0 Å². The first-order chi connectivity index (χ1) is 13.7. The molecular weight excluding hydrogens is 370 g/mol. The van der Waals surface area contributed by atoms with Crippen molar-refractivity contribution in [3.05, 3.63) is 94.8 Å². The molecular formula is C23H22ClN3O. The molecule has 4 aromatic rings. The SMILES string of the molecule is COc1ccc2c(c1)nc(CNCc1ccccc1)n2Cc1cccc(Cl)c1. The molecule has 0 atom stereocenters. The molecule has 1 N–H and O–H groups in total. The average Bonchev–Trinajstić information content (AvgIpc) is 3.05. The van der Waals surface area contributed by atoms with E-state index in [2.05, 4.69) is 46.3 Å². The first kappa shape index (κ1) is 18.5. The lowest BCUT2D eigenvalue weighted by Gasteiger charge is -2.11. The standard InChI is InChI=1S/C23H22ClN3O/c1-28-20-10-11-22-21(13-20)26-23(15-25-14-17-6-3-2-4-7-17)27(22)16-18-8-5-9-19(24)12-18/h2-13,25H,14-16H2,1H3. The molecule has 0 bridgehead atoms. The third-order valence-electron chi connectivity index (χ3n) is 4.72. The summed E-state index contributed by atoms with van der Waals surface area (Å²) in [5, 5.41) is 4.25. The van der Waals surface area contributed by atoms with E-state index >= 15 is 0 Å². The number of rotatable bonds is 7. The number of halogens is 1. The number of ether oxygens (including phenoxy) is 1. The summed E-state index contributed by atoms with van der Waals surface area (Å²) in [5.74, 6) is 1.79. The molecule has 1 heterocycles. The van der Waals surface area contributed by atoms with Crippen LogP contribution in [-0.4, -0.2) is 16.7 Å². The highest BCUT2D eigenvalue weighted by atomic mass is 35.5. The van der Waals surface area contributed by atoms with E-state index in [9.17, 15) is 0 Å². The molecule has 0 aliphatic heterocycles. The van der Waals surface area contributed by atoms with Crippen molar-refractivity contribution >= 4 is 22.6 Å². The van der Waals surface area contributed by atoms with E-state index in [-0.39, 0.29) is 0 Å². The van der Waals surface area contributed by atoms with Gasteiger partial charge in [0.15, 0.2) is 0 Å². The van der Waals surface area contributed by atoms with Crippen LogP contribution in [0.15, 0.2) is 72.8 Å². The minimum absolute atomic E-state index is 0.673. The van der Waals surface area contributed by atoms with Crippen LogP contribution in [0.25, 0.3) is 11.0 Å². The minimum atomic E-state index is 0.673. The lowest BCUT2D eigenvalue weighted by atomic mass is 10.2. The van der Waals surface area contributed by atoms with E-state index in [0.29, 0.717) is 13.1 Å². The van der Waals surface area contributed by atoms with Gasteiger partial charge in [-0.2, -0.15) is 0 Å². The van der Waals surface area contributed by atoms with E-state index in [0.717, 1.165) is 39.7 Å². The summed E-state index contributed by atoms with van der Waals surface area (Å²) in [6.45, 7) is 2.18. The summed E-state index contributed by atoms with van der Waals surface area (Å²) in [7, 11) is 1.67. The van der Waals surface area contributed by atoms with Crippen LogP contribution >= 0.6 is 11.6 Å². The smallest absolute Gasteiger partial charge is 0.124 e. The summed E-state index contributed by atoms with van der Waals surface area (Å²) in [6.07, 6.45) is 0. The van der Waals surface area contributed by atoms with Crippen LogP contribution in [0.2, 0.25) is 5.02 Å². The molecule has 0 radical (unpaired) electrons. The molecule has 28 heavy (non-hydrogen) atoms. The third-order valence-corrected chi connectivity index (χ3v) is 4.95. The summed E-state index contributed by atoms with van der Waals surface area (Å²) in [6, 6.07) is 24.3. The molecule has 0 unspecified atom stereocenters. The van der Waals surface area contributed by atoms with Crippen molar-refractivity contribution in [2.24, 2.45) is 0 Å². The van der Waals surface area contributed by atoms with Crippen LogP contribution in [0, 0.1) is 0 Å². The maximum atomic E-state index is 6.18. The summed E-state index contributed by atoms with van der Waals surface area (Å²) in [4.78, 5) is 4.86. The Morgan fingerprint density at radius 3 is 2.54 bits per heavy atom. The Hall–Kier alpha value is -2.82. The van der Waals surface area contributed by atoms with Crippen molar-refractivity contribution < 1.29 is 4.74 Å². The Morgan fingerprint density at radius 1 is 0.929 bits per heavy atom. The zero-order chi connectivity index (χ0) is 19.3. The van der Waals surface area contributed by atoms with Crippen LogP contribution < -0.4 is 10.1 Å². The molecule has 1 aromatic heterocycles. The van der Waals surface area contributed by atoms with Gasteiger partial charge in [0.1, 0.15) is 11.6 Å². The van der Waals surface area contributed by atoms with Gasteiger partial charge in [-0.25, -0.2) is 4.98 Å². The number of hydrogen-bond donors (Lipinski definition) is 1. The van der Waals surface area contributed by atoms with Gasteiger partial charge in [0, 0.05) is 24.2 Å². The largest absolute Gasteiger partial charge is 0.497 e. The molecule has 0 aliphatic carbocycles. The molecule has 142 valence electrons. The van der Waals surface area contributed by atoms with Crippen LogP contribution in [-0.2, 0) is 19.6 Å². The quantitative estimate of drug-likeness (QED) is 0.480. The van der Waals surface area contributed by atoms with E-state index in [1.807, 2.05) is 36.4 Å². The normalized spacial score (nSPS) is 11.1. The molecule has 0 saturated heterocycles. The van der Waals surface area contributed by atoms with Crippen molar-refractivity contribution in [2.45, 2.75) is 19.6 Å². The van der Waals surface area contributed by atoms with Gasteiger partial charge < -0.3 is 14.6 Å². The van der Waals surface area contributed by atoms with Gasteiger partial charge in [0.05, 0.1) is 24.7 Å². The van der Waals surface area contributed by atoms with Crippen LogP contribution in [0.3, 0.4) is 0 Å². The Labute approximate surface area is 169 Å². The van der Waals surface area contributed by atoms with Crippen LogP contribution in [0.1, 0.15) is 17.0 Å². The number of aromatic nitrogens is 2. The second kappa shape index (κ2) is 8.46. The molecule has 0 aliphatic rings. The predicted molar refractivity (Wildman–Crippen MR) is 114 cm³/mol. The van der Waals surface area contributed by atoms with Crippen molar-refractivity contribution in [3.63, 3.8) is 0 Å². The number of nitrogens with zero attached hydrogens (tertiary/aromatic N) is 2. The van der Waals surface area contributed by atoms with Crippen molar-refractivity contribution in [1.82, 2.24) is 14.9 Å².